The standard InChI is InChI=1S/C31H39ClN4O5Si/c1-31(2,3)42(4,5)41-27-18-39-28-26(17-38-29(27)28)40-30-23(16-33)22-14-21(24(32)15-25(22)36(30)34)19-6-8-20(9-7-19)35-10-12-37-13-11-35/h6-9,14-15,26-29H,10-13,17-18,34H2,1-5H3/t26-,27-,28-,29-/m1/s1. The third-order valence-corrected chi connectivity index (χ3v) is 14.0. The lowest BCUT2D eigenvalue weighted by Crippen LogP contribution is -2.47. The molecule has 2 aromatic carbocycles. The van der Waals surface area contributed by atoms with E-state index in [-0.39, 0.29) is 29.2 Å². The van der Waals surface area contributed by atoms with Crippen LogP contribution in [0, 0.1) is 11.3 Å². The Morgan fingerprint density at radius 3 is 2.31 bits per heavy atom. The molecule has 9 nitrogen and oxygen atoms in total. The zero-order valence-electron chi connectivity index (χ0n) is 24.9. The van der Waals surface area contributed by atoms with Gasteiger partial charge < -0.3 is 34.1 Å². The Labute approximate surface area is 253 Å². The molecule has 0 aliphatic carbocycles. The van der Waals surface area contributed by atoms with Crippen molar-refractivity contribution in [1.82, 2.24) is 4.68 Å². The van der Waals surface area contributed by atoms with Crippen LogP contribution in [0.15, 0.2) is 36.4 Å². The maximum absolute atomic E-state index is 10.2. The van der Waals surface area contributed by atoms with Crippen molar-refractivity contribution in [3.05, 3.63) is 47.0 Å². The van der Waals surface area contributed by atoms with Crippen LogP contribution in [-0.2, 0) is 18.6 Å². The van der Waals surface area contributed by atoms with Crippen LogP contribution in [0.5, 0.6) is 5.88 Å². The van der Waals surface area contributed by atoms with Gasteiger partial charge in [0.25, 0.3) is 0 Å². The molecular weight excluding hydrogens is 572 g/mol. The predicted molar refractivity (Wildman–Crippen MR) is 166 cm³/mol. The molecular formula is C31H39ClN4O5Si. The van der Waals surface area contributed by atoms with E-state index < -0.39 is 14.4 Å². The van der Waals surface area contributed by atoms with E-state index >= 15 is 0 Å². The Hall–Kier alpha value is -2.78. The van der Waals surface area contributed by atoms with E-state index in [1.807, 2.05) is 6.07 Å². The predicted octanol–water partition coefficient (Wildman–Crippen LogP) is 5.32. The summed E-state index contributed by atoms with van der Waals surface area (Å²) in [5.74, 6) is 6.79. The van der Waals surface area contributed by atoms with Gasteiger partial charge in [0.15, 0.2) is 14.4 Å². The molecule has 3 aliphatic rings. The van der Waals surface area contributed by atoms with Crippen LogP contribution in [0.25, 0.3) is 22.0 Å². The number of morpholine rings is 1. The van der Waals surface area contributed by atoms with E-state index in [1.54, 1.807) is 6.07 Å². The summed E-state index contributed by atoms with van der Waals surface area (Å²) in [6, 6.07) is 14.3. The highest BCUT2D eigenvalue weighted by molar-refractivity contribution is 6.74. The van der Waals surface area contributed by atoms with Crippen molar-refractivity contribution in [3.8, 4) is 23.1 Å². The van der Waals surface area contributed by atoms with Gasteiger partial charge in [-0.2, -0.15) is 5.26 Å². The zero-order valence-corrected chi connectivity index (χ0v) is 26.6. The number of aromatic nitrogens is 1. The van der Waals surface area contributed by atoms with Crippen LogP contribution in [0.3, 0.4) is 0 Å². The maximum Gasteiger partial charge on any atom is 0.232 e. The number of nitrogen functional groups attached to an aromatic ring is 1. The van der Waals surface area contributed by atoms with Gasteiger partial charge in [-0.1, -0.05) is 44.5 Å². The minimum absolute atomic E-state index is 0.0761. The van der Waals surface area contributed by atoms with E-state index in [9.17, 15) is 5.26 Å². The molecule has 3 aliphatic heterocycles. The molecule has 0 radical (unpaired) electrons. The highest BCUT2D eigenvalue weighted by atomic mass is 35.5. The largest absolute Gasteiger partial charge is 0.468 e. The molecule has 0 amide bonds. The summed E-state index contributed by atoms with van der Waals surface area (Å²) < 4.78 is 32.2. The first-order valence-electron chi connectivity index (χ1n) is 14.5. The number of ether oxygens (including phenoxy) is 4. The lowest BCUT2D eigenvalue weighted by atomic mass is 10.0. The number of halogens is 1. The molecule has 0 bridgehead atoms. The molecule has 4 heterocycles. The topological polar surface area (TPSA) is 104 Å². The van der Waals surface area contributed by atoms with Crippen LogP contribution >= 0.6 is 11.6 Å². The molecule has 3 saturated heterocycles. The molecule has 0 spiro atoms. The summed E-state index contributed by atoms with van der Waals surface area (Å²) in [6.45, 7) is 15.1. The van der Waals surface area contributed by atoms with Crippen molar-refractivity contribution < 1.29 is 23.4 Å². The number of nitrogens with zero attached hydrogens (tertiary/aromatic N) is 3. The van der Waals surface area contributed by atoms with Crippen LogP contribution in [-0.4, -0.2) is 76.9 Å². The molecule has 224 valence electrons. The van der Waals surface area contributed by atoms with Gasteiger partial charge in [0, 0.05) is 29.7 Å². The SMILES string of the molecule is CC(C)(C)[Si](C)(C)O[C@@H]1CO[C@H]2[C@@H]1OC[C@H]2Oc1c(C#N)c2cc(-c3ccc(N4CCOCC4)cc3)c(Cl)cc2n1N. The fraction of sp³-hybridized carbons (Fsp3) is 0.516. The van der Waals surface area contributed by atoms with Gasteiger partial charge in [-0.3, -0.25) is 0 Å². The first kappa shape index (κ1) is 29.3. The fourth-order valence-corrected chi connectivity index (χ4v) is 7.34. The molecule has 0 unspecified atom stereocenters. The van der Waals surface area contributed by atoms with E-state index in [0.717, 1.165) is 43.1 Å². The average Bonchev–Trinajstić information content (AvgIpc) is 3.62. The molecule has 2 N–H and O–H groups in total. The van der Waals surface area contributed by atoms with Crippen LogP contribution in [0.2, 0.25) is 23.2 Å². The second kappa shape index (κ2) is 11.0. The normalized spacial score (nSPS) is 24.6. The number of nitrogens with two attached hydrogens (primary N) is 1. The summed E-state index contributed by atoms with van der Waals surface area (Å²) in [5, 5.41) is 11.5. The molecule has 1 aromatic heterocycles. The number of hydrogen-bond acceptors (Lipinski definition) is 8. The molecule has 6 rings (SSSR count). The Kier molecular flexibility index (Phi) is 7.71. The lowest BCUT2D eigenvalue weighted by molar-refractivity contribution is 0.0120. The molecule has 0 saturated carbocycles. The molecule has 3 fully saturated rings. The monoisotopic (exact) mass is 610 g/mol. The first-order valence-corrected chi connectivity index (χ1v) is 17.8. The number of nitriles is 1. The number of fused-ring (bicyclic) bond motifs is 2. The van der Waals surface area contributed by atoms with Crippen molar-refractivity contribution in [2.45, 2.75) is 63.3 Å². The highest BCUT2D eigenvalue weighted by Crippen LogP contribution is 2.42. The zero-order chi connectivity index (χ0) is 29.8. The van der Waals surface area contributed by atoms with E-state index in [4.69, 9.17) is 40.8 Å². The highest BCUT2D eigenvalue weighted by Gasteiger charge is 2.52. The molecule has 3 aromatic rings. The van der Waals surface area contributed by atoms with Gasteiger partial charge in [0.05, 0.1) is 43.1 Å². The average molecular weight is 611 g/mol. The molecule has 11 heteroatoms. The number of hydrogen-bond donors (Lipinski definition) is 1. The molecule has 42 heavy (non-hydrogen) atoms. The summed E-state index contributed by atoms with van der Waals surface area (Å²) in [7, 11) is -2.01. The van der Waals surface area contributed by atoms with Gasteiger partial charge in [0.2, 0.25) is 5.88 Å². The Bertz CT molecular complexity index is 1510. The van der Waals surface area contributed by atoms with Gasteiger partial charge in [-0.15, -0.1) is 0 Å². The maximum atomic E-state index is 10.2. The summed E-state index contributed by atoms with van der Waals surface area (Å²) >= 11 is 6.78. The first-order chi connectivity index (χ1) is 20.0. The third kappa shape index (κ3) is 5.17. The van der Waals surface area contributed by atoms with E-state index in [1.165, 1.54) is 4.68 Å². The lowest BCUT2D eigenvalue weighted by Gasteiger charge is -2.39. The minimum Gasteiger partial charge on any atom is -0.468 e. The van der Waals surface area contributed by atoms with E-state index in [2.05, 4.69) is 69.1 Å². The second-order valence-electron chi connectivity index (χ2n) is 12.8. The number of rotatable bonds is 6. The fourth-order valence-electron chi connectivity index (χ4n) is 5.76. The van der Waals surface area contributed by atoms with Crippen LogP contribution < -0.4 is 15.5 Å². The second-order valence-corrected chi connectivity index (χ2v) is 18.0. The number of anilines is 1. The quantitative estimate of drug-likeness (QED) is 0.295. The van der Waals surface area contributed by atoms with Crippen molar-refractivity contribution in [2.75, 3.05) is 50.3 Å². The van der Waals surface area contributed by atoms with Gasteiger partial charge in [-0.05, 0) is 48.0 Å². The van der Waals surface area contributed by atoms with E-state index in [0.29, 0.717) is 34.7 Å². The summed E-state index contributed by atoms with van der Waals surface area (Å²) in [6.07, 6.45) is -1.12. The van der Waals surface area contributed by atoms with Crippen molar-refractivity contribution in [2.24, 2.45) is 0 Å². The van der Waals surface area contributed by atoms with Crippen LogP contribution in [0.1, 0.15) is 26.3 Å². The van der Waals surface area contributed by atoms with Gasteiger partial charge >= 0.3 is 0 Å². The number of benzene rings is 2. The van der Waals surface area contributed by atoms with Gasteiger partial charge in [0.1, 0.15) is 23.8 Å². The van der Waals surface area contributed by atoms with Crippen molar-refractivity contribution >= 4 is 36.5 Å². The third-order valence-electron chi connectivity index (χ3n) is 9.19. The Morgan fingerprint density at radius 2 is 1.67 bits per heavy atom. The van der Waals surface area contributed by atoms with Crippen molar-refractivity contribution in [1.29, 1.82) is 5.26 Å². The van der Waals surface area contributed by atoms with Gasteiger partial charge in [-0.25, -0.2) is 4.68 Å². The Morgan fingerprint density at radius 1 is 1.02 bits per heavy atom. The smallest absolute Gasteiger partial charge is 0.232 e. The van der Waals surface area contributed by atoms with Crippen LogP contribution in [0.4, 0.5) is 5.69 Å². The summed E-state index contributed by atoms with van der Waals surface area (Å²) in [5.41, 5.74) is 3.88. The molecule has 4 atom stereocenters. The minimum atomic E-state index is -2.01. The Balaban J connectivity index is 1.25. The summed E-state index contributed by atoms with van der Waals surface area (Å²) in [4.78, 5) is 2.30. The van der Waals surface area contributed by atoms with Crippen molar-refractivity contribution in [3.63, 3.8) is 0 Å².